The fourth-order valence-corrected chi connectivity index (χ4v) is 4.60. The van der Waals surface area contributed by atoms with Crippen LogP contribution in [-0.2, 0) is 6.54 Å². The third kappa shape index (κ3) is 4.13. The molecule has 0 atom stereocenters. The fraction of sp³-hybridized carbons (Fsp3) is 0.143. The van der Waals surface area contributed by atoms with Crippen LogP contribution in [0.3, 0.4) is 0 Å². The summed E-state index contributed by atoms with van der Waals surface area (Å²) in [6.07, 6.45) is 1.72. The summed E-state index contributed by atoms with van der Waals surface area (Å²) in [5, 5.41) is 0.849. The first kappa shape index (κ1) is 19.8. The first-order valence-electron chi connectivity index (χ1n) is 8.84. The van der Waals surface area contributed by atoms with Crippen LogP contribution in [0.4, 0.5) is 5.82 Å². The van der Waals surface area contributed by atoms with E-state index in [9.17, 15) is 0 Å². The molecule has 2 heterocycles. The van der Waals surface area contributed by atoms with Crippen LogP contribution < -0.4 is 15.2 Å². The molecule has 2 aromatic heterocycles. The number of fused-ring (bicyclic) bond motifs is 1. The van der Waals surface area contributed by atoms with Gasteiger partial charge in [-0.3, -0.25) is 0 Å². The Hall–Kier alpha value is -2.46. The minimum atomic E-state index is 0.429. The predicted molar refractivity (Wildman–Crippen MR) is 124 cm³/mol. The SMILES string of the molecule is COc1ccc(Cn2c(Sc3cc(OC)ccc3I)nc3c(N)nccc32)cc1. The van der Waals surface area contributed by atoms with Gasteiger partial charge in [-0.15, -0.1) is 0 Å². The van der Waals surface area contributed by atoms with Crippen LogP contribution >= 0.6 is 34.4 Å². The zero-order valence-corrected chi connectivity index (χ0v) is 18.9. The van der Waals surface area contributed by atoms with Crippen LogP contribution in [0.1, 0.15) is 5.56 Å². The minimum absolute atomic E-state index is 0.429. The first-order valence-corrected chi connectivity index (χ1v) is 10.7. The molecule has 0 unspecified atom stereocenters. The Morgan fingerprint density at radius 1 is 1.03 bits per heavy atom. The molecule has 0 spiro atoms. The number of aromatic nitrogens is 3. The number of pyridine rings is 1. The van der Waals surface area contributed by atoms with Gasteiger partial charge in [-0.2, -0.15) is 0 Å². The van der Waals surface area contributed by atoms with Gasteiger partial charge in [0.2, 0.25) is 0 Å². The highest BCUT2D eigenvalue weighted by Crippen LogP contribution is 2.36. The van der Waals surface area contributed by atoms with E-state index in [0.717, 1.165) is 36.2 Å². The van der Waals surface area contributed by atoms with E-state index in [2.05, 4.69) is 44.3 Å². The lowest BCUT2D eigenvalue weighted by atomic mass is 10.2. The number of hydrogen-bond acceptors (Lipinski definition) is 6. The van der Waals surface area contributed by atoms with Gasteiger partial charge in [-0.05, 0) is 64.6 Å². The molecule has 2 aromatic carbocycles. The van der Waals surface area contributed by atoms with Crippen molar-refractivity contribution in [3.63, 3.8) is 0 Å². The Balaban J connectivity index is 1.78. The second-order valence-electron chi connectivity index (χ2n) is 6.29. The molecule has 8 heteroatoms. The number of nitrogens with two attached hydrogens (primary N) is 1. The Kier molecular flexibility index (Phi) is 5.81. The quantitative estimate of drug-likeness (QED) is 0.369. The number of hydrogen-bond donors (Lipinski definition) is 1. The molecule has 0 aliphatic carbocycles. The van der Waals surface area contributed by atoms with E-state index in [1.54, 1.807) is 32.2 Å². The summed E-state index contributed by atoms with van der Waals surface area (Å²) in [5.41, 5.74) is 8.91. The number of benzene rings is 2. The third-order valence-electron chi connectivity index (χ3n) is 4.50. The average molecular weight is 518 g/mol. The lowest BCUT2D eigenvalue weighted by Crippen LogP contribution is -2.02. The van der Waals surface area contributed by atoms with E-state index in [1.165, 1.54) is 0 Å². The Bertz CT molecular complexity index is 1160. The van der Waals surface area contributed by atoms with Crippen molar-refractivity contribution < 1.29 is 9.47 Å². The van der Waals surface area contributed by atoms with Crippen molar-refractivity contribution in [2.24, 2.45) is 0 Å². The number of halogens is 1. The Morgan fingerprint density at radius 2 is 1.76 bits per heavy atom. The lowest BCUT2D eigenvalue weighted by Gasteiger charge is -2.11. The summed E-state index contributed by atoms with van der Waals surface area (Å²) in [7, 11) is 3.33. The normalized spacial score (nSPS) is 11.0. The topological polar surface area (TPSA) is 75.2 Å². The van der Waals surface area contributed by atoms with Gasteiger partial charge < -0.3 is 19.8 Å². The first-order chi connectivity index (χ1) is 14.1. The molecule has 0 saturated carbocycles. The van der Waals surface area contributed by atoms with Crippen molar-refractivity contribution in [3.8, 4) is 11.5 Å². The van der Waals surface area contributed by atoms with Crippen molar-refractivity contribution in [3.05, 3.63) is 63.9 Å². The minimum Gasteiger partial charge on any atom is -0.497 e. The monoisotopic (exact) mass is 518 g/mol. The van der Waals surface area contributed by atoms with E-state index < -0.39 is 0 Å². The molecule has 148 valence electrons. The summed E-state index contributed by atoms with van der Waals surface area (Å²) >= 11 is 3.91. The van der Waals surface area contributed by atoms with Crippen molar-refractivity contribution in [1.29, 1.82) is 0 Å². The third-order valence-corrected chi connectivity index (χ3v) is 6.86. The van der Waals surface area contributed by atoms with Gasteiger partial charge >= 0.3 is 0 Å². The van der Waals surface area contributed by atoms with Crippen LogP contribution in [0.25, 0.3) is 11.0 Å². The highest BCUT2D eigenvalue weighted by Gasteiger charge is 2.16. The van der Waals surface area contributed by atoms with Gasteiger partial charge in [0.05, 0.1) is 26.3 Å². The molecule has 0 amide bonds. The van der Waals surface area contributed by atoms with E-state index >= 15 is 0 Å². The number of rotatable bonds is 6. The number of nitrogen functional groups attached to an aromatic ring is 1. The summed E-state index contributed by atoms with van der Waals surface area (Å²) in [4.78, 5) is 10.1. The van der Waals surface area contributed by atoms with Crippen LogP contribution in [-0.4, -0.2) is 28.8 Å². The van der Waals surface area contributed by atoms with Crippen molar-refractivity contribution >= 4 is 51.2 Å². The van der Waals surface area contributed by atoms with Gasteiger partial charge in [0.25, 0.3) is 0 Å². The van der Waals surface area contributed by atoms with Gasteiger partial charge in [-0.25, -0.2) is 9.97 Å². The number of ether oxygens (including phenoxy) is 2. The van der Waals surface area contributed by atoms with Crippen LogP contribution in [0.15, 0.2) is 64.8 Å². The summed E-state index contributed by atoms with van der Waals surface area (Å²) < 4.78 is 13.9. The zero-order chi connectivity index (χ0) is 20.4. The number of nitrogens with zero attached hydrogens (tertiary/aromatic N) is 3. The molecule has 4 rings (SSSR count). The van der Waals surface area contributed by atoms with Gasteiger partial charge in [-0.1, -0.05) is 23.9 Å². The maximum Gasteiger partial charge on any atom is 0.174 e. The van der Waals surface area contributed by atoms with Gasteiger partial charge in [0, 0.05) is 14.7 Å². The smallest absolute Gasteiger partial charge is 0.174 e. The second-order valence-corrected chi connectivity index (χ2v) is 8.46. The molecule has 2 N–H and O–H groups in total. The molecule has 0 radical (unpaired) electrons. The van der Waals surface area contributed by atoms with Crippen LogP contribution in [0.5, 0.6) is 11.5 Å². The maximum atomic E-state index is 6.10. The van der Waals surface area contributed by atoms with Crippen LogP contribution in [0, 0.1) is 3.57 Å². The average Bonchev–Trinajstić information content (AvgIpc) is 3.09. The standard InChI is InChI=1S/C21H19IN4O2S/c1-27-14-5-3-13(4-6-14)12-26-17-9-10-24-20(23)19(17)25-21(26)29-18-11-15(28-2)7-8-16(18)22/h3-11H,12H2,1-2H3,(H2,23,24). The number of methoxy groups -OCH3 is 2. The molecule has 0 aliphatic heterocycles. The maximum absolute atomic E-state index is 6.10. The highest BCUT2D eigenvalue weighted by molar-refractivity contribution is 14.1. The van der Waals surface area contributed by atoms with Gasteiger partial charge in [0.1, 0.15) is 17.0 Å². The summed E-state index contributed by atoms with van der Waals surface area (Å²) in [5.74, 6) is 2.07. The molecule has 6 nitrogen and oxygen atoms in total. The molecule has 29 heavy (non-hydrogen) atoms. The second kappa shape index (κ2) is 8.50. The Morgan fingerprint density at radius 3 is 2.48 bits per heavy atom. The van der Waals surface area contributed by atoms with Crippen molar-refractivity contribution in [2.45, 2.75) is 16.6 Å². The van der Waals surface area contributed by atoms with E-state index in [-0.39, 0.29) is 0 Å². The number of anilines is 1. The molecule has 0 aliphatic rings. The van der Waals surface area contributed by atoms with E-state index in [0.29, 0.717) is 17.9 Å². The molecular weight excluding hydrogens is 499 g/mol. The number of imidazole rings is 1. The van der Waals surface area contributed by atoms with Gasteiger partial charge in [0.15, 0.2) is 11.0 Å². The molecule has 0 fully saturated rings. The largest absolute Gasteiger partial charge is 0.497 e. The predicted octanol–water partition coefficient (Wildman–Crippen LogP) is 4.83. The molecule has 0 bridgehead atoms. The van der Waals surface area contributed by atoms with Crippen LogP contribution in [0.2, 0.25) is 0 Å². The van der Waals surface area contributed by atoms with E-state index in [1.807, 2.05) is 36.4 Å². The fourth-order valence-electron chi connectivity index (χ4n) is 2.98. The molecule has 0 saturated heterocycles. The molecular formula is C21H19IN4O2S. The summed E-state index contributed by atoms with van der Waals surface area (Å²) in [6.45, 7) is 0.660. The van der Waals surface area contributed by atoms with E-state index in [4.69, 9.17) is 20.2 Å². The Labute approximate surface area is 186 Å². The highest BCUT2D eigenvalue weighted by atomic mass is 127. The van der Waals surface area contributed by atoms with Crippen molar-refractivity contribution in [2.75, 3.05) is 20.0 Å². The zero-order valence-electron chi connectivity index (χ0n) is 15.9. The summed E-state index contributed by atoms with van der Waals surface area (Å²) in [6, 6.07) is 16.0. The molecule has 4 aromatic rings. The lowest BCUT2D eigenvalue weighted by molar-refractivity contribution is 0.413. The van der Waals surface area contributed by atoms with Crippen molar-refractivity contribution in [1.82, 2.24) is 14.5 Å².